The molecule has 0 fully saturated rings. The molecule has 0 aliphatic heterocycles. The quantitative estimate of drug-likeness (QED) is 0.741. The highest BCUT2D eigenvalue weighted by Gasteiger charge is 1.99. The van der Waals surface area contributed by atoms with Gasteiger partial charge in [-0.2, -0.15) is 0 Å². The second kappa shape index (κ2) is 3.06. The van der Waals surface area contributed by atoms with Crippen LogP contribution in [-0.2, 0) is 0 Å². The molecular formula is C8H6BrN3. The molecule has 0 bridgehead atoms. The molecule has 4 heteroatoms. The molecule has 0 atom stereocenters. The van der Waals surface area contributed by atoms with E-state index in [4.69, 9.17) is 0 Å². The van der Waals surface area contributed by atoms with Gasteiger partial charge in [0.1, 0.15) is 5.82 Å². The Bertz CT molecular complexity index is 369. The first kappa shape index (κ1) is 7.49. The zero-order valence-electron chi connectivity index (χ0n) is 6.18. The molecule has 60 valence electrons. The van der Waals surface area contributed by atoms with Gasteiger partial charge in [0, 0.05) is 18.6 Å². The van der Waals surface area contributed by atoms with Gasteiger partial charge in [-0.15, -0.1) is 0 Å². The summed E-state index contributed by atoms with van der Waals surface area (Å²) < 4.78 is 2.63. The maximum Gasteiger partial charge on any atom is 0.182 e. The van der Waals surface area contributed by atoms with Crippen LogP contribution in [0, 0.1) is 0 Å². The van der Waals surface area contributed by atoms with Crippen LogP contribution in [0.3, 0.4) is 0 Å². The fraction of sp³-hybridized carbons (Fsp3) is 0. The third kappa shape index (κ3) is 1.25. The number of pyridine rings is 1. The molecular weight excluding hydrogens is 218 g/mol. The number of hydrogen-bond acceptors (Lipinski definition) is 2. The minimum absolute atomic E-state index is 0.765. The highest BCUT2D eigenvalue weighted by molar-refractivity contribution is 9.10. The largest absolute Gasteiger partial charge is 0.278 e. The Morgan fingerprint density at radius 2 is 2.08 bits per heavy atom. The topological polar surface area (TPSA) is 30.7 Å². The van der Waals surface area contributed by atoms with Crippen LogP contribution in [0.15, 0.2) is 41.5 Å². The Kier molecular flexibility index (Phi) is 1.91. The molecule has 0 amide bonds. The van der Waals surface area contributed by atoms with Crippen molar-refractivity contribution in [2.45, 2.75) is 0 Å². The van der Waals surface area contributed by atoms with Crippen LogP contribution in [0.5, 0.6) is 0 Å². The van der Waals surface area contributed by atoms with Crippen molar-refractivity contribution in [3.8, 4) is 5.82 Å². The summed E-state index contributed by atoms with van der Waals surface area (Å²) in [5.41, 5.74) is 0. The van der Waals surface area contributed by atoms with E-state index in [-0.39, 0.29) is 0 Å². The molecule has 2 aromatic rings. The lowest BCUT2D eigenvalue weighted by Crippen LogP contribution is -1.94. The van der Waals surface area contributed by atoms with Crippen LogP contribution >= 0.6 is 15.9 Å². The average molecular weight is 224 g/mol. The number of nitrogens with zero attached hydrogens (tertiary/aromatic N) is 3. The normalized spacial score (nSPS) is 10.1. The zero-order chi connectivity index (χ0) is 8.39. The van der Waals surface area contributed by atoms with Crippen molar-refractivity contribution in [3.63, 3.8) is 0 Å². The predicted molar refractivity (Wildman–Crippen MR) is 49.1 cm³/mol. The van der Waals surface area contributed by atoms with Crippen LogP contribution in [0.25, 0.3) is 5.82 Å². The monoisotopic (exact) mass is 223 g/mol. The van der Waals surface area contributed by atoms with Crippen molar-refractivity contribution in [3.05, 3.63) is 41.5 Å². The molecule has 0 saturated carbocycles. The Morgan fingerprint density at radius 3 is 2.67 bits per heavy atom. The first-order chi connectivity index (χ1) is 5.88. The van der Waals surface area contributed by atoms with E-state index in [2.05, 4.69) is 25.9 Å². The molecule has 0 aliphatic rings. The highest BCUT2D eigenvalue weighted by Crippen LogP contribution is 2.11. The summed E-state index contributed by atoms with van der Waals surface area (Å²) in [5.74, 6) is 0.863. The maximum atomic E-state index is 4.18. The van der Waals surface area contributed by atoms with Gasteiger partial charge in [-0.05, 0) is 28.1 Å². The van der Waals surface area contributed by atoms with Crippen LogP contribution in [0.2, 0.25) is 0 Å². The Labute approximate surface area is 78.2 Å². The highest BCUT2D eigenvalue weighted by atomic mass is 79.9. The molecule has 0 unspecified atom stereocenters. The molecule has 0 N–H and O–H groups in total. The van der Waals surface area contributed by atoms with Crippen molar-refractivity contribution >= 4 is 15.9 Å². The summed E-state index contributed by atoms with van der Waals surface area (Å²) in [6.07, 6.45) is 5.33. The number of aromatic nitrogens is 3. The second-order valence-electron chi connectivity index (χ2n) is 2.25. The molecule has 0 aliphatic carbocycles. The number of imidazole rings is 1. The fourth-order valence-electron chi connectivity index (χ4n) is 0.952. The Morgan fingerprint density at radius 1 is 1.17 bits per heavy atom. The molecule has 0 radical (unpaired) electrons. The molecule has 3 nitrogen and oxygen atoms in total. The van der Waals surface area contributed by atoms with Gasteiger partial charge in [0.25, 0.3) is 0 Å². The van der Waals surface area contributed by atoms with E-state index >= 15 is 0 Å². The van der Waals surface area contributed by atoms with Gasteiger partial charge in [0.15, 0.2) is 4.73 Å². The predicted octanol–water partition coefficient (Wildman–Crippen LogP) is 2.03. The first-order valence-corrected chi connectivity index (χ1v) is 4.27. The number of halogens is 1. The van der Waals surface area contributed by atoms with E-state index in [9.17, 15) is 0 Å². The van der Waals surface area contributed by atoms with E-state index in [1.807, 2.05) is 29.0 Å². The van der Waals surface area contributed by atoms with Crippen LogP contribution in [-0.4, -0.2) is 14.5 Å². The summed E-state index contributed by atoms with van der Waals surface area (Å²) in [4.78, 5) is 8.21. The van der Waals surface area contributed by atoms with Gasteiger partial charge < -0.3 is 0 Å². The van der Waals surface area contributed by atoms with Crippen LogP contribution < -0.4 is 0 Å². The molecule has 0 spiro atoms. The summed E-state index contributed by atoms with van der Waals surface area (Å²) in [5, 5.41) is 0. The van der Waals surface area contributed by atoms with E-state index < -0.39 is 0 Å². The molecule has 2 heterocycles. The Hall–Kier alpha value is -1.16. The minimum Gasteiger partial charge on any atom is -0.278 e. The molecule has 2 rings (SSSR count). The average Bonchev–Trinajstić information content (AvgIpc) is 2.53. The standard InChI is InChI=1S/C8H6BrN3/c9-8-11-5-6-12(8)7-3-1-2-4-10-7/h1-6H. The van der Waals surface area contributed by atoms with Crippen LogP contribution in [0.1, 0.15) is 0 Å². The lowest BCUT2D eigenvalue weighted by Gasteiger charge is -2.00. The van der Waals surface area contributed by atoms with Crippen LogP contribution in [0.4, 0.5) is 0 Å². The van der Waals surface area contributed by atoms with Crippen molar-refractivity contribution in [2.24, 2.45) is 0 Å². The molecule has 0 saturated heterocycles. The first-order valence-electron chi connectivity index (χ1n) is 3.48. The summed E-state index contributed by atoms with van der Waals surface area (Å²) in [6.45, 7) is 0. The summed E-state index contributed by atoms with van der Waals surface area (Å²) in [7, 11) is 0. The summed E-state index contributed by atoms with van der Waals surface area (Å²) >= 11 is 3.31. The smallest absolute Gasteiger partial charge is 0.182 e. The lowest BCUT2D eigenvalue weighted by molar-refractivity contribution is 0.961. The van der Waals surface area contributed by atoms with Crippen molar-refractivity contribution in [1.29, 1.82) is 0 Å². The Balaban J connectivity index is 2.51. The third-order valence-corrected chi connectivity index (χ3v) is 2.08. The van der Waals surface area contributed by atoms with E-state index in [0.29, 0.717) is 0 Å². The van der Waals surface area contributed by atoms with Gasteiger partial charge in [0.05, 0.1) is 0 Å². The second-order valence-corrected chi connectivity index (χ2v) is 2.96. The number of rotatable bonds is 1. The maximum absolute atomic E-state index is 4.18. The van der Waals surface area contributed by atoms with Gasteiger partial charge in [-0.25, -0.2) is 9.97 Å². The molecule has 0 aromatic carbocycles. The minimum atomic E-state index is 0.765. The van der Waals surface area contributed by atoms with Gasteiger partial charge in [-0.3, -0.25) is 4.57 Å². The van der Waals surface area contributed by atoms with Gasteiger partial charge in [-0.1, -0.05) is 6.07 Å². The SMILES string of the molecule is Brc1nccn1-c1ccccn1. The van der Waals surface area contributed by atoms with E-state index in [1.165, 1.54) is 0 Å². The van der Waals surface area contributed by atoms with Gasteiger partial charge in [0.2, 0.25) is 0 Å². The van der Waals surface area contributed by atoms with Crippen molar-refractivity contribution in [1.82, 2.24) is 14.5 Å². The zero-order valence-corrected chi connectivity index (χ0v) is 7.77. The number of hydrogen-bond donors (Lipinski definition) is 0. The molecule has 12 heavy (non-hydrogen) atoms. The fourth-order valence-corrected chi connectivity index (χ4v) is 1.37. The van der Waals surface area contributed by atoms with Gasteiger partial charge >= 0.3 is 0 Å². The summed E-state index contributed by atoms with van der Waals surface area (Å²) in [6, 6.07) is 5.75. The lowest BCUT2D eigenvalue weighted by atomic mass is 10.5. The van der Waals surface area contributed by atoms with E-state index in [1.54, 1.807) is 12.4 Å². The third-order valence-electron chi connectivity index (χ3n) is 1.49. The van der Waals surface area contributed by atoms with Crippen molar-refractivity contribution < 1.29 is 0 Å². The van der Waals surface area contributed by atoms with E-state index in [0.717, 1.165) is 10.6 Å². The van der Waals surface area contributed by atoms with Crippen molar-refractivity contribution in [2.75, 3.05) is 0 Å². The molecule has 2 aromatic heterocycles.